The molecule has 27 heavy (non-hydrogen) atoms. The van der Waals surface area contributed by atoms with Crippen LogP contribution >= 0.6 is 0 Å². The number of rotatable bonds is 9. The van der Waals surface area contributed by atoms with Crippen molar-refractivity contribution in [3.8, 4) is 11.5 Å². The summed E-state index contributed by atoms with van der Waals surface area (Å²) >= 11 is 0. The van der Waals surface area contributed by atoms with Gasteiger partial charge in [-0.2, -0.15) is 8.78 Å². The molecule has 146 valence electrons. The summed E-state index contributed by atoms with van der Waals surface area (Å²) in [4.78, 5) is 13.2. The molecular formula is C20H25F2N2O3+. The third kappa shape index (κ3) is 6.86. The number of nitrogens with one attached hydrogen (secondary N) is 2. The van der Waals surface area contributed by atoms with Gasteiger partial charge in [-0.05, 0) is 24.6 Å². The summed E-state index contributed by atoms with van der Waals surface area (Å²) in [5.41, 5.74) is 3.11. The Balaban J connectivity index is 1.84. The highest BCUT2D eigenvalue weighted by Gasteiger charge is 2.13. The Morgan fingerprint density at radius 3 is 2.41 bits per heavy atom. The van der Waals surface area contributed by atoms with Crippen molar-refractivity contribution < 1.29 is 27.9 Å². The van der Waals surface area contributed by atoms with Crippen LogP contribution in [0.15, 0.2) is 42.5 Å². The molecule has 5 nitrogen and oxygen atoms in total. The van der Waals surface area contributed by atoms with Crippen molar-refractivity contribution in [3.05, 3.63) is 59.2 Å². The van der Waals surface area contributed by atoms with E-state index in [-0.39, 0.29) is 24.0 Å². The molecular weight excluding hydrogens is 354 g/mol. The van der Waals surface area contributed by atoms with E-state index < -0.39 is 6.61 Å². The van der Waals surface area contributed by atoms with Crippen LogP contribution in [0.25, 0.3) is 0 Å². The standard InChI is InChI=1S/C20H24F2N2O3/c1-14-4-6-15(7-5-14)12-24(2)13-19(25)23-11-16-8-9-17(27-20(21)22)18(10-16)26-3/h4-10,20H,11-13H2,1-3H3,(H,23,25)/p+1. The van der Waals surface area contributed by atoms with Crippen molar-refractivity contribution in [1.82, 2.24) is 5.32 Å². The van der Waals surface area contributed by atoms with Gasteiger partial charge in [0.05, 0.1) is 14.2 Å². The number of alkyl halides is 2. The zero-order valence-corrected chi connectivity index (χ0v) is 15.7. The number of hydrogen-bond acceptors (Lipinski definition) is 3. The lowest BCUT2D eigenvalue weighted by molar-refractivity contribution is -0.885. The number of ether oxygens (including phenoxy) is 2. The molecule has 0 saturated carbocycles. The van der Waals surface area contributed by atoms with Gasteiger partial charge < -0.3 is 19.7 Å². The topological polar surface area (TPSA) is 52.0 Å². The van der Waals surface area contributed by atoms with Gasteiger partial charge in [0.1, 0.15) is 6.54 Å². The van der Waals surface area contributed by atoms with E-state index in [2.05, 4.69) is 34.3 Å². The van der Waals surface area contributed by atoms with Crippen LogP contribution < -0.4 is 19.7 Å². The lowest BCUT2D eigenvalue weighted by Gasteiger charge is -2.15. The highest BCUT2D eigenvalue weighted by atomic mass is 19.3. The van der Waals surface area contributed by atoms with Gasteiger partial charge in [-0.25, -0.2) is 0 Å². The zero-order valence-electron chi connectivity index (χ0n) is 15.7. The highest BCUT2D eigenvalue weighted by molar-refractivity contribution is 5.76. The average Bonchev–Trinajstić information content (AvgIpc) is 2.62. The summed E-state index contributed by atoms with van der Waals surface area (Å²) in [6.07, 6.45) is 0. The molecule has 0 aliphatic heterocycles. The molecule has 2 N–H and O–H groups in total. The number of carbonyl (C=O) groups is 1. The zero-order chi connectivity index (χ0) is 19.8. The summed E-state index contributed by atoms with van der Waals surface area (Å²) < 4.78 is 34.1. The predicted octanol–water partition coefficient (Wildman–Crippen LogP) is 1.94. The quantitative estimate of drug-likeness (QED) is 0.700. The maximum atomic E-state index is 12.4. The van der Waals surface area contributed by atoms with Crippen LogP contribution in [0.4, 0.5) is 8.78 Å². The normalized spacial score (nSPS) is 11.9. The number of amides is 1. The summed E-state index contributed by atoms with van der Waals surface area (Å²) in [6.45, 7) is 0.479. The van der Waals surface area contributed by atoms with Gasteiger partial charge in [0.2, 0.25) is 0 Å². The van der Waals surface area contributed by atoms with E-state index in [1.807, 2.05) is 14.0 Å². The third-order valence-corrected chi connectivity index (χ3v) is 4.02. The molecule has 0 radical (unpaired) electrons. The summed E-state index contributed by atoms with van der Waals surface area (Å²) in [6, 6.07) is 12.8. The molecule has 0 aliphatic carbocycles. The minimum atomic E-state index is -2.92. The summed E-state index contributed by atoms with van der Waals surface area (Å²) in [7, 11) is 3.33. The van der Waals surface area contributed by atoms with E-state index in [1.54, 1.807) is 12.1 Å². The maximum Gasteiger partial charge on any atom is 0.387 e. The van der Waals surface area contributed by atoms with Crippen LogP contribution in [0.1, 0.15) is 16.7 Å². The molecule has 0 heterocycles. The van der Waals surface area contributed by atoms with Crippen LogP contribution in [0.5, 0.6) is 11.5 Å². The molecule has 1 amide bonds. The van der Waals surface area contributed by atoms with Crippen molar-refractivity contribution >= 4 is 5.91 Å². The third-order valence-electron chi connectivity index (χ3n) is 4.02. The van der Waals surface area contributed by atoms with E-state index in [0.29, 0.717) is 6.54 Å². The second-order valence-corrected chi connectivity index (χ2v) is 6.44. The van der Waals surface area contributed by atoms with Crippen molar-refractivity contribution in [1.29, 1.82) is 0 Å². The van der Waals surface area contributed by atoms with E-state index in [1.165, 1.54) is 24.3 Å². The van der Waals surface area contributed by atoms with Crippen molar-refractivity contribution in [3.63, 3.8) is 0 Å². The molecule has 0 spiro atoms. The molecule has 0 aliphatic rings. The first kappa shape index (κ1) is 20.6. The fourth-order valence-corrected chi connectivity index (χ4v) is 2.67. The van der Waals surface area contributed by atoms with Gasteiger partial charge in [-0.1, -0.05) is 35.9 Å². The van der Waals surface area contributed by atoms with Crippen molar-refractivity contribution in [2.45, 2.75) is 26.6 Å². The van der Waals surface area contributed by atoms with Crippen LogP contribution in [0, 0.1) is 6.92 Å². The van der Waals surface area contributed by atoms with Crippen LogP contribution in [0.2, 0.25) is 0 Å². The second-order valence-electron chi connectivity index (χ2n) is 6.44. The Bertz CT molecular complexity index is 751. The van der Waals surface area contributed by atoms with Crippen molar-refractivity contribution in [2.24, 2.45) is 0 Å². The summed E-state index contributed by atoms with van der Waals surface area (Å²) in [5, 5.41) is 2.83. The predicted molar refractivity (Wildman–Crippen MR) is 98.1 cm³/mol. The highest BCUT2D eigenvalue weighted by Crippen LogP contribution is 2.29. The Morgan fingerprint density at radius 2 is 1.78 bits per heavy atom. The molecule has 2 aromatic carbocycles. The first-order chi connectivity index (χ1) is 12.9. The lowest BCUT2D eigenvalue weighted by atomic mass is 10.1. The smallest absolute Gasteiger partial charge is 0.387 e. The molecule has 0 aromatic heterocycles. The molecule has 2 rings (SSSR count). The van der Waals surface area contributed by atoms with Crippen LogP contribution in [0.3, 0.4) is 0 Å². The van der Waals surface area contributed by atoms with Gasteiger partial charge in [0.15, 0.2) is 18.0 Å². The molecule has 0 fully saturated rings. The first-order valence-corrected chi connectivity index (χ1v) is 8.62. The molecule has 7 heteroatoms. The Labute approximate surface area is 157 Å². The molecule has 0 bridgehead atoms. The minimum Gasteiger partial charge on any atom is -0.493 e. The van der Waals surface area contributed by atoms with E-state index >= 15 is 0 Å². The van der Waals surface area contributed by atoms with E-state index in [9.17, 15) is 13.6 Å². The average molecular weight is 379 g/mol. The SMILES string of the molecule is COc1cc(CNC(=O)C[NH+](C)Cc2ccc(C)cc2)ccc1OC(F)F. The minimum absolute atomic E-state index is 0.0372. The number of hydrogen-bond donors (Lipinski definition) is 2. The Kier molecular flexibility index (Phi) is 7.55. The number of quaternary nitrogens is 1. The van der Waals surface area contributed by atoms with Gasteiger partial charge >= 0.3 is 6.61 Å². The van der Waals surface area contributed by atoms with Gasteiger partial charge in [0, 0.05) is 12.1 Å². The van der Waals surface area contributed by atoms with Crippen molar-refractivity contribution in [2.75, 3.05) is 20.7 Å². The van der Waals surface area contributed by atoms with Crippen LogP contribution in [-0.2, 0) is 17.9 Å². The molecule has 1 unspecified atom stereocenters. The van der Waals surface area contributed by atoms with Gasteiger partial charge in [0.25, 0.3) is 5.91 Å². The Morgan fingerprint density at radius 1 is 1.11 bits per heavy atom. The molecule has 2 aromatic rings. The molecule has 0 saturated heterocycles. The monoisotopic (exact) mass is 379 g/mol. The van der Waals surface area contributed by atoms with Crippen LogP contribution in [-0.4, -0.2) is 33.2 Å². The number of benzene rings is 2. The maximum absolute atomic E-state index is 12.4. The largest absolute Gasteiger partial charge is 0.493 e. The van der Waals surface area contributed by atoms with E-state index in [4.69, 9.17) is 4.74 Å². The number of methoxy groups -OCH3 is 1. The first-order valence-electron chi connectivity index (χ1n) is 8.62. The second kappa shape index (κ2) is 9.87. The fraction of sp³-hybridized carbons (Fsp3) is 0.350. The number of likely N-dealkylation sites (N-methyl/N-ethyl adjacent to an activating group) is 1. The Hall–Kier alpha value is -2.67. The lowest BCUT2D eigenvalue weighted by Crippen LogP contribution is -3.08. The number of carbonyl (C=O) groups excluding carboxylic acids is 1. The molecule has 1 atom stereocenters. The van der Waals surface area contributed by atoms with Gasteiger partial charge in [-0.3, -0.25) is 4.79 Å². The number of halogens is 2. The van der Waals surface area contributed by atoms with E-state index in [0.717, 1.165) is 17.0 Å². The number of aryl methyl sites for hydroxylation is 1. The van der Waals surface area contributed by atoms with Gasteiger partial charge in [-0.15, -0.1) is 0 Å². The summed E-state index contributed by atoms with van der Waals surface area (Å²) in [5.74, 6) is 0.0699. The fourth-order valence-electron chi connectivity index (χ4n) is 2.67.